The molecule has 1 aliphatic carbocycles. The molecule has 7 heteroatoms. The first-order valence-corrected chi connectivity index (χ1v) is 11.9. The molecular formula is C24H31BrN4O2. The van der Waals surface area contributed by atoms with Gasteiger partial charge in [0.25, 0.3) is 0 Å². The number of nitrogens with zero attached hydrogens (tertiary/aromatic N) is 3. The highest BCUT2D eigenvalue weighted by molar-refractivity contribution is 9.10. The lowest BCUT2D eigenvalue weighted by atomic mass is 9.97. The van der Waals surface area contributed by atoms with Crippen molar-refractivity contribution < 1.29 is 9.59 Å². The molecule has 1 saturated heterocycles. The molecule has 4 rings (SSSR count). The number of likely N-dealkylation sites (tertiary alicyclic amines) is 1. The first-order chi connectivity index (χ1) is 14.8. The zero-order chi connectivity index (χ0) is 22.1. The molecule has 0 bridgehead atoms. The second-order valence-corrected chi connectivity index (χ2v) is 10.2. The normalized spacial score (nSPS) is 21.9. The predicted octanol–water partition coefficient (Wildman–Crippen LogP) is 3.49. The van der Waals surface area contributed by atoms with E-state index in [2.05, 4.69) is 52.2 Å². The van der Waals surface area contributed by atoms with Gasteiger partial charge in [0.2, 0.25) is 11.8 Å². The first-order valence-electron chi connectivity index (χ1n) is 11.1. The Morgan fingerprint density at radius 3 is 2.55 bits per heavy atom. The highest BCUT2D eigenvalue weighted by Gasteiger charge is 2.44. The highest BCUT2D eigenvalue weighted by Crippen LogP contribution is 2.41. The molecule has 2 amide bonds. The summed E-state index contributed by atoms with van der Waals surface area (Å²) < 4.78 is 2.97. The molecule has 0 spiro atoms. The summed E-state index contributed by atoms with van der Waals surface area (Å²) in [5.74, 6) is 1.05. The smallest absolute Gasteiger partial charge is 0.227 e. The number of nitrogens with one attached hydrogen (secondary N) is 1. The van der Waals surface area contributed by atoms with Gasteiger partial charge < -0.3 is 14.8 Å². The quantitative estimate of drug-likeness (QED) is 0.650. The van der Waals surface area contributed by atoms with Gasteiger partial charge in [0.1, 0.15) is 0 Å². The fourth-order valence-electron chi connectivity index (χ4n) is 4.79. The van der Waals surface area contributed by atoms with Crippen LogP contribution < -0.4 is 5.32 Å². The van der Waals surface area contributed by atoms with Crippen LogP contribution in [0.3, 0.4) is 0 Å². The van der Waals surface area contributed by atoms with E-state index in [-0.39, 0.29) is 23.8 Å². The topological polar surface area (TPSA) is 67.2 Å². The average Bonchev–Trinajstić information content (AvgIpc) is 3.26. The maximum atomic E-state index is 13.2. The van der Waals surface area contributed by atoms with Gasteiger partial charge >= 0.3 is 0 Å². The van der Waals surface area contributed by atoms with Crippen LogP contribution >= 0.6 is 15.9 Å². The van der Waals surface area contributed by atoms with Crippen molar-refractivity contribution in [2.45, 2.75) is 52.6 Å². The molecule has 1 N–H and O–H groups in total. The van der Waals surface area contributed by atoms with E-state index in [1.807, 2.05) is 22.6 Å². The summed E-state index contributed by atoms with van der Waals surface area (Å²) in [5, 5.41) is 3.27. The van der Waals surface area contributed by atoms with Crippen LogP contribution in [0.15, 0.2) is 35.3 Å². The Kier molecular flexibility index (Phi) is 6.51. The zero-order valence-electron chi connectivity index (χ0n) is 18.5. The van der Waals surface area contributed by atoms with Gasteiger partial charge in [0.05, 0.1) is 24.7 Å². The van der Waals surface area contributed by atoms with Gasteiger partial charge in [-0.1, -0.05) is 22.9 Å². The standard InChI is InChI=1S/C24H31BrN4O2/c1-15-8-19(25)9-16(2)20(15)10-23(30)29-12-21(18-4-5-18)22(13-29)27-24(31)17(3)11-28-7-6-26-14-28/h6-9,14,17-18,21-22H,4-5,10-13H2,1-3H3,(H,27,31)/t17?,21-,22+/m0/s1. The molecular weight excluding hydrogens is 456 g/mol. The average molecular weight is 487 g/mol. The Bertz CT molecular complexity index is 931. The van der Waals surface area contributed by atoms with E-state index < -0.39 is 0 Å². The van der Waals surface area contributed by atoms with Gasteiger partial charge in [-0.3, -0.25) is 9.59 Å². The number of hydrogen-bond donors (Lipinski definition) is 1. The Morgan fingerprint density at radius 2 is 1.94 bits per heavy atom. The molecule has 31 heavy (non-hydrogen) atoms. The molecule has 1 unspecified atom stereocenters. The van der Waals surface area contributed by atoms with E-state index in [4.69, 9.17) is 0 Å². The molecule has 166 valence electrons. The summed E-state index contributed by atoms with van der Waals surface area (Å²) in [4.78, 5) is 32.0. The summed E-state index contributed by atoms with van der Waals surface area (Å²) in [5.41, 5.74) is 3.38. The van der Waals surface area contributed by atoms with Crippen LogP contribution in [0.4, 0.5) is 0 Å². The Balaban J connectivity index is 1.40. The number of aromatic nitrogens is 2. The van der Waals surface area contributed by atoms with Crippen molar-refractivity contribution in [3.05, 3.63) is 52.0 Å². The van der Waals surface area contributed by atoms with E-state index in [9.17, 15) is 9.59 Å². The largest absolute Gasteiger partial charge is 0.351 e. The second-order valence-electron chi connectivity index (χ2n) is 9.27. The van der Waals surface area contributed by atoms with E-state index in [1.165, 1.54) is 12.8 Å². The summed E-state index contributed by atoms with van der Waals surface area (Å²) in [6, 6.07) is 4.18. The summed E-state index contributed by atoms with van der Waals surface area (Å²) in [6.45, 7) is 8.02. The minimum atomic E-state index is -0.146. The minimum absolute atomic E-state index is 0.0429. The van der Waals surface area contributed by atoms with E-state index in [0.29, 0.717) is 31.3 Å². The Hall–Kier alpha value is -2.15. The Morgan fingerprint density at radius 1 is 1.23 bits per heavy atom. The number of halogens is 1. The van der Waals surface area contributed by atoms with Crippen molar-refractivity contribution in [2.24, 2.45) is 17.8 Å². The van der Waals surface area contributed by atoms with Gasteiger partial charge in [0.15, 0.2) is 0 Å². The van der Waals surface area contributed by atoms with Gasteiger partial charge in [-0.25, -0.2) is 4.98 Å². The minimum Gasteiger partial charge on any atom is -0.351 e. The fraction of sp³-hybridized carbons (Fsp3) is 0.542. The van der Waals surface area contributed by atoms with Crippen molar-refractivity contribution in [1.29, 1.82) is 0 Å². The van der Waals surface area contributed by atoms with Crippen molar-refractivity contribution in [3.8, 4) is 0 Å². The number of rotatable bonds is 7. The third-order valence-electron chi connectivity index (χ3n) is 6.75. The SMILES string of the molecule is Cc1cc(Br)cc(C)c1CC(=O)N1C[C@@H](NC(=O)C(C)Cn2ccnc2)[C@H](C2CC2)C1. The number of imidazole rings is 1. The van der Waals surface area contributed by atoms with E-state index in [1.54, 1.807) is 12.5 Å². The van der Waals surface area contributed by atoms with E-state index >= 15 is 0 Å². The molecule has 3 atom stereocenters. The van der Waals surface area contributed by atoms with Crippen LogP contribution in [-0.2, 0) is 22.6 Å². The number of aryl methyl sites for hydroxylation is 2. The molecule has 2 aromatic rings. The third kappa shape index (κ3) is 5.20. The molecule has 1 aromatic carbocycles. The summed E-state index contributed by atoms with van der Waals surface area (Å²) in [6.07, 6.45) is 8.16. The van der Waals surface area contributed by atoms with Gasteiger partial charge in [0, 0.05) is 42.4 Å². The molecule has 2 heterocycles. The maximum Gasteiger partial charge on any atom is 0.227 e. The Labute approximate surface area is 192 Å². The van der Waals surface area contributed by atoms with Crippen molar-refractivity contribution in [1.82, 2.24) is 19.8 Å². The number of amides is 2. The van der Waals surface area contributed by atoms with Gasteiger partial charge in [-0.15, -0.1) is 0 Å². The van der Waals surface area contributed by atoms with Crippen LogP contribution in [0.5, 0.6) is 0 Å². The molecule has 2 fully saturated rings. The van der Waals surface area contributed by atoms with Gasteiger partial charge in [-0.05, 0) is 61.4 Å². The summed E-state index contributed by atoms with van der Waals surface area (Å²) >= 11 is 3.53. The molecule has 2 aliphatic rings. The van der Waals surface area contributed by atoms with Gasteiger partial charge in [-0.2, -0.15) is 0 Å². The second kappa shape index (κ2) is 9.15. The van der Waals surface area contributed by atoms with Crippen molar-refractivity contribution >= 4 is 27.7 Å². The lowest BCUT2D eigenvalue weighted by Gasteiger charge is -2.22. The molecule has 1 saturated carbocycles. The van der Waals surface area contributed by atoms with Crippen LogP contribution in [0.2, 0.25) is 0 Å². The van der Waals surface area contributed by atoms with Crippen molar-refractivity contribution in [2.75, 3.05) is 13.1 Å². The molecule has 1 aliphatic heterocycles. The predicted molar refractivity (Wildman–Crippen MR) is 123 cm³/mol. The van der Waals surface area contributed by atoms with Crippen LogP contribution in [0.25, 0.3) is 0 Å². The molecule has 1 aromatic heterocycles. The third-order valence-corrected chi connectivity index (χ3v) is 7.21. The number of carbonyl (C=O) groups excluding carboxylic acids is 2. The highest BCUT2D eigenvalue weighted by atomic mass is 79.9. The number of carbonyl (C=O) groups is 2. The van der Waals surface area contributed by atoms with E-state index in [0.717, 1.165) is 27.7 Å². The molecule has 6 nitrogen and oxygen atoms in total. The number of benzene rings is 1. The summed E-state index contributed by atoms with van der Waals surface area (Å²) in [7, 11) is 0. The van der Waals surface area contributed by atoms with Crippen LogP contribution in [0, 0.1) is 31.6 Å². The number of hydrogen-bond acceptors (Lipinski definition) is 3. The lowest BCUT2D eigenvalue weighted by molar-refractivity contribution is -0.130. The zero-order valence-corrected chi connectivity index (χ0v) is 20.1. The maximum absolute atomic E-state index is 13.2. The monoisotopic (exact) mass is 486 g/mol. The van der Waals surface area contributed by atoms with Crippen molar-refractivity contribution in [3.63, 3.8) is 0 Å². The van der Waals surface area contributed by atoms with Crippen LogP contribution in [0.1, 0.15) is 36.5 Å². The van der Waals surface area contributed by atoms with Crippen LogP contribution in [-0.4, -0.2) is 45.4 Å². The fourth-order valence-corrected chi connectivity index (χ4v) is 5.48. The first kappa shape index (κ1) is 22.1. The lowest BCUT2D eigenvalue weighted by Crippen LogP contribution is -2.44. The molecule has 0 radical (unpaired) electrons.